The van der Waals surface area contributed by atoms with Gasteiger partial charge >= 0.3 is 0 Å². The zero-order chi connectivity index (χ0) is 23.8. The number of amides is 1. The van der Waals surface area contributed by atoms with Crippen molar-refractivity contribution in [1.82, 2.24) is 15.3 Å². The van der Waals surface area contributed by atoms with E-state index in [-0.39, 0.29) is 17.4 Å². The first-order chi connectivity index (χ1) is 15.7. The lowest BCUT2D eigenvalue weighted by Gasteiger charge is -2.43. The van der Waals surface area contributed by atoms with Crippen LogP contribution in [0.4, 0.5) is 19.0 Å². The van der Waals surface area contributed by atoms with Crippen molar-refractivity contribution < 1.29 is 18.0 Å². The monoisotopic (exact) mass is 458 g/mol. The molecule has 2 heterocycles. The Morgan fingerprint density at radius 3 is 2.39 bits per heavy atom. The van der Waals surface area contributed by atoms with Crippen molar-refractivity contribution in [2.45, 2.75) is 24.6 Å². The van der Waals surface area contributed by atoms with Gasteiger partial charge in [0.1, 0.15) is 29.2 Å². The first-order valence-corrected chi connectivity index (χ1v) is 10.6. The summed E-state index contributed by atoms with van der Waals surface area (Å²) in [5.74, 6) is -6.24. The van der Waals surface area contributed by atoms with E-state index < -0.39 is 34.7 Å². The SMILES string of the molecule is NC(=O)C1(C(c2ncnc(N)c2-c2ccc(F)cc2)C2CCNCC2)C=CC(N)(F)C=C1F. The predicted octanol–water partition coefficient (Wildman–Crippen LogP) is 2.47. The Morgan fingerprint density at radius 1 is 1.12 bits per heavy atom. The van der Waals surface area contributed by atoms with Gasteiger partial charge < -0.3 is 16.8 Å². The summed E-state index contributed by atoms with van der Waals surface area (Å²) in [6.45, 7) is 1.25. The Balaban J connectivity index is 1.99. The number of piperidine rings is 1. The Labute approximate surface area is 189 Å². The molecule has 2 aromatic rings. The van der Waals surface area contributed by atoms with Crippen molar-refractivity contribution in [3.05, 3.63) is 66.2 Å². The second-order valence-corrected chi connectivity index (χ2v) is 8.48. The van der Waals surface area contributed by atoms with Gasteiger partial charge in [0.05, 0.1) is 5.69 Å². The van der Waals surface area contributed by atoms with Gasteiger partial charge in [-0.3, -0.25) is 10.5 Å². The van der Waals surface area contributed by atoms with Crippen LogP contribution in [0.3, 0.4) is 0 Å². The minimum Gasteiger partial charge on any atom is -0.383 e. The fourth-order valence-corrected chi connectivity index (χ4v) is 4.86. The Morgan fingerprint density at radius 2 is 1.79 bits per heavy atom. The molecule has 0 bridgehead atoms. The zero-order valence-electron chi connectivity index (χ0n) is 17.8. The molecule has 1 aromatic carbocycles. The van der Waals surface area contributed by atoms with Crippen LogP contribution in [0.25, 0.3) is 11.1 Å². The lowest BCUT2D eigenvalue weighted by Crippen LogP contribution is -2.49. The number of nitrogen functional groups attached to an aromatic ring is 1. The molecule has 1 aliphatic heterocycles. The molecule has 0 radical (unpaired) electrons. The fourth-order valence-electron chi connectivity index (χ4n) is 4.86. The van der Waals surface area contributed by atoms with Crippen LogP contribution in [-0.2, 0) is 4.79 Å². The van der Waals surface area contributed by atoms with Crippen molar-refractivity contribution in [1.29, 1.82) is 0 Å². The Bertz CT molecular complexity index is 1110. The van der Waals surface area contributed by atoms with Gasteiger partial charge in [0, 0.05) is 17.6 Å². The van der Waals surface area contributed by atoms with Crippen molar-refractivity contribution in [2.75, 3.05) is 18.8 Å². The van der Waals surface area contributed by atoms with Gasteiger partial charge in [-0.05, 0) is 55.6 Å². The molecule has 3 atom stereocenters. The largest absolute Gasteiger partial charge is 0.383 e. The molecule has 1 aromatic heterocycles. The van der Waals surface area contributed by atoms with E-state index in [1.165, 1.54) is 30.6 Å². The van der Waals surface area contributed by atoms with E-state index >= 15 is 4.39 Å². The highest BCUT2D eigenvalue weighted by Crippen LogP contribution is 2.54. The molecule has 3 unspecified atom stereocenters. The van der Waals surface area contributed by atoms with Crippen LogP contribution in [0.15, 0.2) is 54.6 Å². The van der Waals surface area contributed by atoms with E-state index in [2.05, 4.69) is 15.3 Å². The number of aromatic nitrogens is 2. The molecule has 0 saturated carbocycles. The van der Waals surface area contributed by atoms with Crippen LogP contribution in [0.5, 0.6) is 0 Å². The fraction of sp³-hybridized carbons (Fsp3) is 0.348. The number of benzene rings is 1. The first kappa shape index (κ1) is 22.9. The highest BCUT2D eigenvalue weighted by Gasteiger charge is 2.54. The molecule has 174 valence electrons. The van der Waals surface area contributed by atoms with Gasteiger partial charge in [-0.25, -0.2) is 23.1 Å². The number of nitrogens with zero attached hydrogens (tertiary/aromatic N) is 2. The van der Waals surface area contributed by atoms with E-state index in [9.17, 15) is 13.6 Å². The minimum atomic E-state index is -2.56. The number of carbonyl (C=O) groups is 1. The molecular formula is C23H25F3N6O. The lowest BCUT2D eigenvalue weighted by molar-refractivity contribution is -0.126. The molecule has 1 saturated heterocycles. The van der Waals surface area contributed by atoms with Crippen LogP contribution >= 0.6 is 0 Å². The molecular weight excluding hydrogens is 433 g/mol. The normalized spacial score (nSPS) is 26.6. The summed E-state index contributed by atoms with van der Waals surface area (Å²) in [7, 11) is 0. The van der Waals surface area contributed by atoms with Gasteiger partial charge in [0.2, 0.25) is 5.91 Å². The van der Waals surface area contributed by atoms with Crippen molar-refractivity contribution >= 4 is 11.7 Å². The summed E-state index contributed by atoms with van der Waals surface area (Å²) in [5.41, 5.74) is 16.5. The highest BCUT2D eigenvalue weighted by molar-refractivity contribution is 5.89. The number of nitrogens with two attached hydrogens (primary N) is 3. The average molecular weight is 458 g/mol. The quantitative estimate of drug-likeness (QED) is 0.402. The third-order valence-electron chi connectivity index (χ3n) is 6.43. The predicted molar refractivity (Wildman–Crippen MR) is 118 cm³/mol. The average Bonchev–Trinajstić information content (AvgIpc) is 2.77. The number of hydrogen-bond acceptors (Lipinski definition) is 6. The van der Waals surface area contributed by atoms with Gasteiger partial charge in [0.15, 0.2) is 5.79 Å². The number of halogens is 3. The molecule has 1 amide bonds. The third kappa shape index (κ3) is 4.11. The lowest BCUT2D eigenvalue weighted by atomic mass is 9.61. The second kappa shape index (κ2) is 8.60. The number of anilines is 1. The molecule has 7 nitrogen and oxygen atoms in total. The minimum absolute atomic E-state index is 0.0769. The van der Waals surface area contributed by atoms with E-state index in [1.807, 2.05) is 0 Å². The molecule has 10 heteroatoms. The molecule has 2 aliphatic rings. The molecule has 7 N–H and O–H groups in total. The van der Waals surface area contributed by atoms with Crippen LogP contribution in [0.2, 0.25) is 0 Å². The molecule has 1 aliphatic carbocycles. The summed E-state index contributed by atoms with van der Waals surface area (Å²) in [6, 6.07) is 5.50. The maximum atomic E-state index is 15.7. The van der Waals surface area contributed by atoms with Crippen LogP contribution < -0.4 is 22.5 Å². The first-order valence-electron chi connectivity index (χ1n) is 10.6. The highest BCUT2D eigenvalue weighted by atomic mass is 19.2. The van der Waals surface area contributed by atoms with E-state index in [0.29, 0.717) is 43.1 Å². The van der Waals surface area contributed by atoms with Crippen LogP contribution in [0, 0.1) is 17.2 Å². The van der Waals surface area contributed by atoms with E-state index in [0.717, 1.165) is 12.2 Å². The number of hydrogen-bond donors (Lipinski definition) is 4. The Hall–Kier alpha value is -3.24. The number of primary amides is 1. The summed E-state index contributed by atoms with van der Waals surface area (Å²) in [5, 5.41) is 3.23. The second-order valence-electron chi connectivity index (χ2n) is 8.48. The molecule has 4 rings (SSSR count). The van der Waals surface area contributed by atoms with Crippen molar-refractivity contribution in [2.24, 2.45) is 22.8 Å². The third-order valence-corrected chi connectivity index (χ3v) is 6.43. The summed E-state index contributed by atoms with van der Waals surface area (Å²) < 4.78 is 43.7. The molecule has 1 fully saturated rings. The summed E-state index contributed by atoms with van der Waals surface area (Å²) in [4.78, 5) is 21.4. The standard InChI is InChI=1S/C23H25F3N6O/c24-15-3-1-13(2-4-15)17-19(31-12-32-20(17)27)18(14-5-9-30-10-6-14)23(21(28)33)8-7-22(26,29)11-16(23)25/h1-4,7-8,11-12,14,18,30H,5-6,9-10,29H2,(H2,28,33)(H2,27,31,32). The molecule has 33 heavy (non-hydrogen) atoms. The Kier molecular flexibility index (Phi) is 5.98. The number of carbonyl (C=O) groups excluding carboxylic acids is 1. The topological polar surface area (TPSA) is 133 Å². The van der Waals surface area contributed by atoms with E-state index in [1.54, 1.807) is 0 Å². The van der Waals surface area contributed by atoms with Gasteiger partial charge in [0.25, 0.3) is 0 Å². The smallest absolute Gasteiger partial charge is 0.235 e. The maximum absolute atomic E-state index is 15.7. The maximum Gasteiger partial charge on any atom is 0.235 e. The van der Waals surface area contributed by atoms with Gasteiger partial charge in [-0.1, -0.05) is 18.2 Å². The number of nitrogens with one attached hydrogen (secondary N) is 1. The van der Waals surface area contributed by atoms with Gasteiger partial charge in [-0.2, -0.15) is 0 Å². The van der Waals surface area contributed by atoms with Gasteiger partial charge in [-0.15, -0.1) is 0 Å². The molecule has 0 spiro atoms. The summed E-state index contributed by atoms with van der Waals surface area (Å²) >= 11 is 0. The van der Waals surface area contributed by atoms with Crippen molar-refractivity contribution in [3.8, 4) is 11.1 Å². The zero-order valence-corrected chi connectivity index (χ0v) is 17.8. The van der Waals surface area contributed by atoms with E-state index in [4.69, 9.17) is 17.2 Å². The number of rotatable bonds is 5. The number of alkyl halides is 1. The van der Waals surface area contributed by atoms with Crippen LogP contribution in [-0.4, -0.2) is 34.8 Å². The van der Waals surface area contributed by atoms with Crippen LogP contribution in [0.1, 0.15) is 24.5 Å². The summed E-state index contributed by atoms with van der Waals surface area (Å²) in [6.07, 6.45) is 4.97. The van der Waals surface area contributed by atoms with Crippen molar-refractivity contribution in [3.63, 3.8) is 0 Å².